The minimum absolute atomic E-state index is 0.0316. The molecule has 1 aliphatic rings. The summed E-state index contributed by atoms with van der Waals surface area (Å²) in [7, 11) is -17.3. The second-order valence-electron chi connectivity index (χ2n) is 6.30. The van der Waals surface area contributed by atoms with Crippen LogP contribution in [0.2, 0.25) is 0 Å². The van der Waals surface area contributed by atoms with Crippen molar-refractivity contribution in [2.75, 3.05) is 18.2 Å². The lowest BCUT2D eigenvalue weighted by Crippen LogP contribution is -2.34. The highest BCUT2D eigenvalue weighted by molar-refractivity contribution is 7.72. The van der Waals surface area contributed by atoms with E-state index in [9.17, 15) is 42.8 Å². The van der Waals surface area contributed by atoms with Crippen LogP contribution < -0.4 is 20.4 Å². The molecule has 0 bridgehead atoms. The van der Waals surface area contributed by atoms with Gasteiger partial charge in [-0.25, -0.2) is 15.0 Å². The first-order chi connectivity index (χ1) is 14.2. The maximum atomic E-state index is 12.4. The van der Waals surface area contributed by atoms with Gasteiger partial charge in [0.25, 0.3) is 0 Å². The normalized spacial score (nSPS) is 30.0. The summed E-state index contributed by atoms with van der Waals surface area (Å²) >= 11 is 0. The topological polar surface area (TPSA) is 258 Å². The molecule has 0 spiro atoms. The van der Waals surface area contributed by atoms with Gasteiger partial charge in [0.05, 0.1) is 18.8 Å². The third-order valence-corrected chi connectivity index (χ3v) is 9.09. The van der Waals surface area contributed by atoms with Gasteiger partial charge in [-0.2, -0.15) is 4.20 Å². The zero-order valence-corrected chi connectivity index (χ0v) is 17.7. The molecule has 7 atom stereocenters. The van der Waals surface area contributed by atoms with Gasteiger partial charge in [-0.3, -0.25) is 13.4 Å². The van der Waals surface area contributed by atoms with Crippen LogP contribution in [0.4, 0.5) is 10.0 Å². The lowest BCUT2D eigenvalue weighted by molar-refractivity contribution is -0.222. The van der Waals surface area contributed by atoms with Crippen molar-refractivity contribution in [1.82, 2.24) is 19.5 Å². The molecule has 1 fully saturated rings. The molecule has 4 N–H and O–H groups in total. The lowest BCUT2D eigenvalue weighted by Gasteiger charge is -2.33. The van der Waals surface area contributed by atoms with Gasteiger partial charge in [-0.1, -0.05) is 0 Å². The summed E-state index contributed by atoms with van der Waals surface area (Å²) in [5.74, 6) is -1.95. The number of hydrogen-bond acceptors (Lipinski definition) is 15. The number of fused-ring (bicyclic) bond motifs is 1. The van der Waals surface area contributed by atoms with E-state index in [-0.39, 0.29) is 17.0 Å². The Balaban J connectivity index is 1.69. The summed E-state index contributed by atoms with van der Waals surface area (Å²) < 4.78 is 59.9. The molecule has 0 radical (unpaired) electrons. The number of rotatable bonds is 8. The number of anilines is 1. The highest BCUT2D eigenvalue weighted by Gasteiger charge is 2.45. The Hall–Kier alpha value is -1.35. The molecule has 20 heteroatoms. The predicted molar refractivity (Wildman–Crippen MR) is 91.5 cm³/mol. The molecule has 0 amide bonds. The number of nitrogens with zero attached hydrogens (tertiary/aromatic N) is 4. The first-order valence-corrected chi connectivity index (χ1v) is 13.0. The van der Waals surface area contributed by atoms with Crippen molar-refractivity contribution in [2.45, 2.75) is 24.5 Å². The maximum Gasteiger partial charge on any atom is 0.312 e. The molecule has 3 heterocycles. The van der Waals surface area contributed by atoms with Crippen molar-refractivity contribution in [2.24, 2.45) is 0 Å². The van der Waals surface area contributed by atoms with E-state index in [0.717, 1.165) is 6.33 Å². The fourth-order valence-electron chi connectivity index (χ4n) is 2.77. The van der Waals surface area contributed by atoms with E-state index in [4.69, 9.17) is 10.5 Å². The van der Waals surface area contributed by atoms with Crippen LogP contribution >= 0.6 is 23.1 Å². The predicted octanol–water partition coefficient (Wildman–Crippen LogP) is -2.44. The van der Waals surface area contributed by atoms with Gasteiger partial charge in [-0.05, 0) is 0 Å². The SMILES string of the molecule is Nc1ncnc2c1ncn2[C@@H]1O[C@H](COP(=O)([O-])CP(=O)([O-])OP(=O)([O-])F)[C@@H](O)[C@H]1O. The molecular formula is C11H14FN5O11P3-3. The molecule has 3 unspecified atom stereocenters. The molecule has 1 saturated heterocycles. The number of imidazole rings is 1. The number of aromatic nitrogens is 4. The van der Waals surface area contributed by atoms with Crippen LogP contribution in [-0.2, 0) is 27.3 Å². The highest BCUT2D eigenvalue weighted by atomic mass is 31.3. The van der Waals surface area contributed by atoms with Crippen molar-refractivity contribution >= 4 is 40.1 Å². The minimum Gasteiger partial charge on any atom is -0.778 e. The Morgan fingerprint density at radius 2 is 1.84 bits per heavy atom. The zero-order chi connectivity index (χ0) is 23.2. The van der Waals surface area contributed by atoms with Crippen LogP contribution in [0.1, 0.15) is 6.23 Å². The summed E-state index contributed by atoms with van der Waals surface area (Å²) in [5.41, 5.74) is 5.97. The fourth-order valence-corrected chi connectivity index (χ4v) is 7.03. The summed E-state index contributed by atoms with van der Waals surface area (Å²) in [6, 6.07) is 0. The standard InChI is InChI=1S/C11H17FN5O11P3/c12-31(24,25)28-30(22,23)4-29(20,21)26-1-5-7(18)8(19)11(27-5)17-3-16-6-9(13)14-2-15-10(6)17/h2-3,5,7-8,11,18-19H,1,4H2,(H,20,21)(H,22,23)(H,24,25)(H2,13,14,15)/p-3/t5-,7-,8-,11-/m1/s1. The molecule has 2 aromatic rings. The number of aliphatic hydroxyl groups excluding tert-OH is 2. The smallest absolute Gasteiger partial charge is 0.312 e. The Kier molecular flexibility index (Phi) is 6.69. The zero-order valence-electron chi connectivity index (χ0n) is 15.0. The van der Waals surface area contributed by atoms with Crippen LogP contribution in [0.5, 0.6) is 0 Å². The number of nitrogens with two attached hydrogens (primary N) is 1. The third-order valence-electron chi connectivity index (χ3n) is 4.00. The number of nitrogen functional groups attached to an aromatic ring is 1. The maximum absolute atomic E-state index is 12.4. The molecule has 16 nitrogen and oxygen atoms in total. The molecule has 3 rings (SSSR count). The van der Waals surface area contributed by atoms with Crippen LogP contribution in [-0.4, -0.2) is 60.6 Å². The molecular weight excluding hydrogens is 490 g/mol. The van der Waals surface area contributed by atoms with Crippen LogP contribution in [0.15, 0.2) is 12.7 Å². The molecule has 1 aliphatic heterocycles. The van der Waals surface area contributed by atoms with E-state index < -0.39 is 60.1 Å². The Labute approximate surface area is 172 Å². The number of ether oxygens (including phenoxy) is 1. The van der Waals surface area contributed by atoms with Crippen LogP contribution in [0, 0.1) is 0 Å². The van der Waals surface area contributed by atoms with E-state index in [2.05, 4.69) is 23.8 Å². The van der Waals surface area contributed by atoms with Crippen molar-refractivity contribution in [3.8, 4) is 0 Å². The first kappa shape index (κ1) is 24.3. The molecule has 31 heavy (non-hydrogen) atoms. The van der Waals surface area contributed by atoms with Crippen LogP contribution in [0.25, 0.3) is 11.2 Å². The Morgan fingerprint density at radius 3 is 2.48 bits per heavy atom. The molecule has 0 aliphatic carbocycles. The highest BCUT2D eigenvalue weighted by Crippen LogP contribution is 2.61. The quantitative estimate of drug-likeness (QED) is 0.316. The van der Waals surface area contributed by atoms with Crippen molar-refractivity contribution in [3.63, 3.8) is 0 Å². The van der Waals surface area contributed by atoms with Gasteiger partial charge in [0, 0.05) is 0 Å². The number of hydrogen-bond donors (Lipinski definition) is 3. The van der Waals surface area contributed by atoms with Crippen LogP contribution in [0.3, 0.4) is 0 Å². The summed E-state index contributed by atoms with van der Waals surface area (Å²) in [5, 5.41) is 20.4. The number of aliphatic hydroxyl groups is 2. The summed E-state index contributed by atoms with van der Waals surface area (Å²) in [6.45, 7) is -0.968. The lowest BCUT2D eigenvalue weighted by atomic mass is 10.1. The first-order valence-electron chi connectivity index (χ1n) is 8.10. The van der Waals surface area contributed by atoms with Gasteiger partial charge in [0.2, 0.25) is 0 Å². The van der Waals surface area contributed by atoms with Gasteiger partial charge in [-0.15, -0.1) is 0 Å². The van der Waals surface area contributed by atoms with E-state index in [1.807, 2.05) is 0 Å². The molecule has 174 valence electrons. The Morgan fingerprint density at radius 1 is 1.16 bits per heavy atom. The van der Waals surface area contributed by atoms with Crippen molar-refractivity contribution in [3.05, 3.63) is 12.7 Å². The van der Waals surface area contributed by atoms with Gasteiger partial charge < -0.3 is 49.0 Å². The van der Waals surface area contributed by atoms with Gasteiger partial charge in [0.15, 0.2) is 25.3 Å². The van der Waals surface area contributed by atoms with E-state index >= 15 is 0 Å². The third kappa shape index (κ3) is 5.72. The minimum atomic E-state index is -6.26. The number of halogens is 1. The molecule has 0 saturated carbocycles. The average molecular weight is 504 g/mol. The van der Waals surface area contributed by atoms with Crippen molar-refractivity contribution in [1.29, 1.82) is 0 Å². The van der Waals surface area contributed by atoms with Crippen molar-refractivity contribution < 1.29 is 56.4 Å². The second kappa shape index (κ2) is 8.54. The second-order valence-corrected chi connectivity index (χ2v) is 11.6. The monoisotopic (exact) mass is 504 g/mol. The summed E-state index contributed by atoms with van der Waals surface area (Å²) in [4.78, 5) is 45.0. The summed E-state index contributed by atoms with van der Waals surface area (Å²) in [6.07, 6.45) is -3.78. The largest absolute Gasteiger partial charge is 0.778 e. The Bertz CT molecular complexity index is 1110. The molecule has 0 aromatic carbocycles. The molecule has 2 aromatic heterocycles. The van der Waals surface area contributed by atoms with E-state index in [0.29, 0.717) is 0 Å². The van der Waals surface area contributed by atoms with E-state index in [1.165, 1.54) is 10.9 Å². The fraction of sp³-hybridized carbons (Fsp3) is 0.545. The van der Waals surface area contributed by atoms with E-state index in [1.54, 1.807) is 0 Å². The van der Waals surface area contributed by atoms with Gasteiger partial charge >= 0.3 is 7.91 Å². The average Bonchev–Trinajstić information content (AvgIpc) is 3.13. The van der Waals surface area contributed by atoms with Gasteiger partial charge in [0.1, 0.15) is 37.8 Å².